The number of aromatic nitrogens is 3. The van der Waals surface area contributed by atoms with E-state index in [4.69, 9.17) is 4.74 Å². The normalized spacial score (nSPS) is 13.1. The molecule has 10 heteroatoms. The van der Waals surface area contributed by atoms with Crippen LogP contribution < -0.4 is 4.31 Å². The maximum Gasteiger partial charge on any atom is 0.342 e. The lowest BCUT2D eigenvalue weighted by Gasteiger charge is -2.18. The summed E-state index contributed by atoms with van der Waals surface area (Å²) in [5.41, 5.74) is 2.55. The Morgan fingerprint density at radius 2 is 2.00 bits per heavy atom. The van der Waals surface area contributed by atoms with Crippen molar-refractivity contribution in [2.24, 2.45) is 0 Å². The quantitative estimate of drug-likeness (QED) is 0.398. The van der Waals surface area contributed by atoms with Crippen molar-refractivity contribution >= 4 is 27.5 Å². The van der Waals surface area contributed by atoms with Crippen molar-refractivity contribution in [1.29, 1.82) is 0 Å². The van der Waals surface area contributed by atoms with Crippen molar-refractivity contribution in [2.45, 2.75) is 20.3 Å². The maximum atomic E-state index is 12.6. The highest BCUT2D eigenvalue weighted by Crippen LogP contribution is 2.31. The average molecular weight is 455 g/mol. The van der Waals surface area contributed by atoms with E-state index in [0.717, 1.165) is 5.56 Å². The number of rotatable bonds is 7. The van der Waals surface area contributed by atoms with Crippen LogP contribution in [0.2, 0.25) is 0 Å². The molecule has 3 aromatic rings. The van der Waals surface area contributed by atoms with E-state index in [1.54, 1.807) is 50.4 Å². The number of esters is 1. The van der Waals surface area contributed by atoms with Gasteiger partial charge in [-0.3, -0.25) is 9.10 Å². The van der Waals surface area contributed by atoms with E-state index < -0.39 is 22.6 Å². The van der Waals surface area contributed by atoms with Crippen LogP contribution in [0.5, 0.6) is 0 Å². The summed E-state index contributed by atoms with van der Waals surface area (Å²) in [6.45, 7) is 3.25. The molecule has 166 valence electrons. The van der Waals surface area contributed by atoms with Crippen molar-refractivity contribution in [3.05, 3.63) is 71.2 Å². The molecule has 0 atom stereocenters. The van der Waals surface area contributed by atoms with Gasteiger partial charge in [-0.2, -0.15) is 5.10 Å². The van der Waals surface area contributed by atoms with E-state index in [9.17, 15) is 18.0 Å². The molecule has 2 aromatic heterocycles. The topological polar surface area (TPSA) is 111 Å². The summed E-state index contributed by atoms with van der Waals surface area (Å²) in [7, 11) is -3.35. The second kappa shape index (κ2) is 8.54. The number of pyridine rings is 1. The molecule has 1 aliphatic heterocycles. The van der Waals surface area contributed by atoms with E-state index in [0.29, 0.717) is 35.7 Å². The molecular weight excluding hydrogens is 432 g/mol. The van der Waals surface area contributed by atoms with Crippen molar-refractivity contribution in [3.63, 3.8) is 0 Å². The Morgan fingerprint density at radius 3 is 2.72 bits per heavy atom. The Morgan fingerprint density at radius 1 is 1.19 bits per heavy atom. The predicted molar refractivity (Wildman–Crippen MR) is 118 cm³/mol. The van der Waals surface area contributed by atoms with Crippen LogP contribution in [-0.2, 0) is 21.2 Å². The van der Waals surface area contributed by atoms with Crippen LogP contribution in [0.3, 0.4) is 0 Å². The van der Waals surface area contributed by atoms with Gasteiger partial charge in [-0.1, -0.05) is 6.07 Å². The minimum Gasteiger partial charge on any atom is -0.454 e. The van der Waals surface area contributed by atoms with Gasteiger partial charge in [0.05, 0.1) is 23.3 Å². The Labute approximate surface area is 185 Å². The van der Waals surface area contributed by atoms with E-state index in [-0.39, 0.29) is 17.1 Å². The van der Waals surface area contributed by atoms with Gasteiger partial charge in [-0.25, -0.2) is 22.9 Å². The highest BCUT2D eigenvalue weighted by Gasteiger charge is 2.28. The number of fused-ring (bicyclic) bond motifs is 1. The lowest BCUT2D eigenvalue weighted by atomic mass is 10.1. The zero-order chi connectivity index (χ0) is 22.9. The van der Waals surface area contributed by atoms with Gasteiger partial charge in [0.15, 0.2) is 18.2 Å². The van der Waals surface area contributed by atoms with Gasteiger partial charge in [-0.05, 0) is 56.2 Å². The second-order valence-electron chi connectivity index (χ2n) is 7.31. The molecule has 3 heterocycles. The van der Waals surface area contributed by atoms with Gasteiger partial charge in [-0.15, -0.1) is 0 Å². The van der Waals surface area contributed by atoms with Crippen LogP contribution in [0, 0.1) is 6.92 Å². The van der Waals surface area contributed by atoms with Crippen LogP contribution in [0.1, 0.15) is 38.9 Å². The fourth-order valence-electron chi connectivity index (χ4n) is 3.60. The van der Waals surface area contributed by atoms with Gasteiger partial charge >= 0.3 is 5.97 Å². The molecule has 0 amide bonds. The third-order valence-electron chi connectivity index (χ3n) is 5.39. The highest BCUT2D eigenvalue weighted by molar-refractivity contribution is 7.92. The Bertz CT molecular complexity index is 1280. The summed E-state index contributed by atoms with van der Waals surface area (Å²) in [6.07, 6.45) is 3.54. The van der Waals surface area contributed by atoms with Gasteiger partial charge in [0.2, 0.25) is 10.0 Å². The van der Waals surface area contributed by atoms with Gasteiger partial charge < -0.3 is 4.74 Å². The van der Waals surface area contributed by atoms with Crippen molar-refractivity contribution in [3.8, 4) is 5.82 Å². The number of carbonyl (C=O) groups excluding carboxylic acids is 2. The minimum absolute atomic E-state index is 0.0133. The number of carbonyl (C=O) groups is 2. The number of sulfonamides is 1. The molecular formula is C22H22N4O5S. The monoisotopic (exact) mass is 454 g/mol. The second-order valence-corrected chi connectivity index (χ2v) is 9.49. The minimum atomic E-state index is -3.35. The van der Waals surface area contributed by atoms with Crippen LogP contribution in [-0.4, -0.2) is 53.8 Å². The van der Waals surface area contributed by atoms with E-state index in [1.165, 1.54) is 15.2 Å². The number of hydrogen-bond donors (Lipinski definition) is 0. The smallest absolute Gasteiger partial charge is 0.342 e. The summed E-state index contributed by atoms with van der Waals surface area (Å²) >= 11 is 0. The Balaban J connectivity index is 1.44. The molecule has 0 spiro atoms. The van der Waals surface area contributed by atoms with Crippen LogP contribution >= 0.6 is 0 Å². The largest absolute Gasteiger partial charge is 0.454 e. The number of ketones is 1. The number of ether oxygens (including phenoxy) is 1. The van der Waals surface area contributed by atoms with E-state index >= 15 is 0 Å². The first-order chi connectivity index (χ1) is 15.3. The fraction of sp³-hybridized carbons (Fsp3) is 0.273. The SMILES string of the molecule is CCS(=O)(=O)N1CCc2cc(C(=O)COC(=O)c3cnn(-c4ccccn4)c3C)ccc21. The molecule has 0 unspecified atom stereocenters. The van der Waals surface area contributed by atoms with Gasteiger partial charge in [0.1, 0.15) is 5.56 Å². The molecule has 0 radical (unpaired) electrons. The third kappa shape index (κ3) is 4.01. The molecule has 0 aliphatic carbocycles. The number of anilines is 1. The zero-order valence-electron chi connectivity index (χ0n) is 17.7. The van der Waals surface area contributed by atoms with Gasteiger partial charge in [0, 0.05) is 18.3 Å². The molecule has 0 saturated carbocycles. The third-order valence-corrected chi connectivity index (χ3v) is 7.17. The molecule has 0 bridgehead atoms. The number of hydrogen-bond acceptors (Lipinski definition) is 7. The Hall–Kier alpha value is -3.53. The molecule has 9 nitrogen and oxygen atoms in total. The lowest BCUT2D eigenvalue weighted by molar-refractivity contribution is 0.0474. The van der Waals surface area contributed by atoms with Crippen LogP contribution in [0.25, 0.3) is 5.82 Å². The summed E-state index contributed by atoms with van der Waals surface area (Å²) < 4.78 is 32.5. The first-order valence-electron chi connectivity index (χ1n) is 10.1. The standard InChI is InChI=1S/C22H22N4O5S/c1-3-32(29,30)25-11-9-16-12-17(7-8-19(16)25)20(27)14-31-22(28)18-13-24-26(15(18)2)21-6-4-5-10-23-21/h4-8,10,12-13H,3,9,11,14H2,1-2H3. The lowest BCUT2D eigenvalue weighted by Crippen LogP contribution is -2.30. The molecule has 4 rings (SSSR count). The van der Waals surface area contributed by atoms with Gasteiger partial charge in [0.25, 0.3) is 0 Å². The summed E-state index contributed by atoms with van der Waals surface area (Å²) in [4.78, 5) is 29.3. The van der Waals surface area contributed by atoms with E-state index in [2.05, 4.69) is 10.1 Å². The summed E-state index contributed by atoms with van der Waals surface area (Å²) in [5, 5.41) is 4.18. The van der Waals surface area contributed by atoms with Crippen LogP contribution in [0.15, 0.2) is 48.8 Å². The van der Waals surface area contributed by atoms with E-state index in [1.807, 2.05) is 6.07 Å². The highest BCUT2D eigenvalue weighted by atomic mass is 32.2. The number of benzene rings is 1. The predicted octanol–water partition coefficient (Wildman–Crippen LogP) is 2.33. The fourth-order valence-corrected chi connectivity index (χ4v) is 4.76. The maximum absolute atomic E-state index is 12.6. The first kappa shape index (κ1) is 21.7. The molecule has 1 aromatic carbocycles. The molecule has 0 saturated heterocycles. The molecule has 1 aliphatic rings. The average Bonchev–Trinajstić information content (AvgIpc) is 3.41. The van der Waals surface area contributed by atoms with Crippen molar-refractivity contribution < 1.29 is 22.7 Å². The van der Waals surface area contributed by atoms with Crippen molar-refractivity contribution in [1.82, 2.24) is 14.8 Å². The molecule has 32 heavy (non-hydrogen) atoms. The zero-order valence-corrected chi connectivity index (χ0v) is 18.5. The first-order valence-corrected chi connectivity index (χ1v) is 11.7. The van der Waals surface area contributed by atoms with Crippen molar-refractivity contribution in [2.75, 3.05) is 23.2 Å². The van der Waals surface area contributed by atoms with Crippen LogP contribution in [0.4, 0.5) is 5.69 Å². The Kier molecular flexibility index (Phi) is 5.79. The molecule has 0 fully saturated rings. The molecule has 0 N–H and O–H groups in total. The summed E-state index contributed by atoms with van der Waals surface area (Å²) in [6, 6.07) is 10.2. The summed E-state index contributed by atoms with van der Waals surface area (Å²) in [5.74, 6) is -0.441. The number of nitrogens with zero attached hydrogens (tertiary/aromatic N) is 4. The number of Topliss-reactive ketones (excluding diaryl/α,β-unsaturated/α-hetero) is 1.